The van der Waals surface area contributed by atoms with Gasteiger partial charge < -0.3 is 16.0 Å². The van der Waals surface area contributed by atoms with Gasteiger partial charge in [0.2, 0.25) is 5.91 Å². The quantitative estimate of drug-likeness (QED) is 0.460. The Bertz CT molecular complexity index is 1370. The van der Waals surface area contributed by atoms with E-state index >= 15 is 0 Å². The van der Waals surface area contributed by atoms with Crippen molar-refractivity contribution in [1.29, 1.82) is 0 Å². The minimum atomic E-state index is -1.07. The highest BCUT2D eigenvalue weighted by Gasteiger charge is 2.55. The Labute approximate surface area is 220 Å². The predicted octanol–water partition coefficient (Wildman–Crippen LogP) is 3.05. The summed E-state index contributed by atoms with van der Waals surface area (Å²) in [6.45, 7) is 5.37. The van der Waals surface area contributed by atoms with Gasteiger partial charge in [-0.15, -0.1) is 0 Å². The Balaban J connectivity index is 1.62. The number of aromatic nitrogens is 3. The number of imide groups is 1. The Morgan fingerprint density at radius 2 is 1.97 bits per heavy atom. The molecule has 3 N–H and O–H groups in total. The average molecular weight is 522 g/mol. The van der Waals surface area contributed by atoms with Gasteiger partial charge in [0.05, 0.1) is 23.8 Å². The number of β-lactam (4-membered cyclic amide) rings is 1. The predicted molar refractivity (Wildman–Crippen MR) is 141 cm³/mol. The third-order valence-electron chi connectivity index (χ3n) is 6.82. The number of amides is 4. The number of nitrogen functional groups attached to an aromatic ring is 1. The molecule has 1 saturated heterocycles. The number of aryl methyl sites for hydroxylation is 3. The van der Waals surface area contributed by atoms with Crippen LogP contribution in [-0.4, -0.2) is 50.6 Å². The van der Waals surface area contributed by atoms with E-state index in [4.69, 9.17) is 5.73 Å². The summed E-state index contributed by atoms with van der Waals surface area (Å²) >= 11 is 0. The van der Waals surface area contributed by atoms with Crippen LogP contribution in [0.1, 0.15) is 41.8 Å². The van der Waals surface area contributed by atoms with Gasteiger partial charge in [-0.05, 0) is 56.0 Å². The molecule has 2 aromatic heterocycles. The molecule has 4 rings (SSSR count). The van der Waals surface area contributed by atoms with Crippen molar-refractivity contribution >= 4 is 29.4 Å². The van der Waals surface area contributed by atoms with Crippen LogP contribution in [0.5, 0.6) is 0 Å². The second-order valence-corrected chi connectivity index (χ2v) is 9.71. The van der Waals surface area contributed by atoms with Gasteiger partial charge in [-0.1, -0.05) is 19.1 Å². The smallest absolute Gasteiger partial charge is 0.325 e. The molecule has 1 aromatic carbocycles. The average Bonchev–Trinajstić information content (AvgIpc) is 3.29. The number of rotatable bonds is 7. The number of hydrogen-bond donors (Lipinski definition) is 2. The van der Waals surface area contributed by atoms with E-state index in [-0.39, 0.29) is 6.42 Å². The molecule has 1 aliphatic rings. The molecule has 4 amide bonds. The third-order valence-corrected chi connectivity index (χ3v) is 6.82. The van der Waals surface area contributed by atoms with Gasteiger partial charge in [-0.3, -0.25) is 19.2 Å². The van der Waals surface area contributed by atoms with E-state index in [0.29, 0.717) is 29.2 Å². The summed E-state index contributed by atoms with van der Waals surface area (Å²) in [5, 5.41) is 6.86. The summed E-state index contributed by atoms with van der Waals surface area (Å²) in [5.41, 5.74) is 8.90. The Hall–Kier alpha value is -4.28. The largest absolute Gasteiger partial charge is 0.384 e. The van der Waals surface area contributed by atoms with E-state index in [1.807, 2.05) is 0 Å². The lowest BCUT2D eigenvalue weighted by Crippen LogP contribution is -2.70. The van der Waals surface area contributed by atoms with Crippen LogP contribution in [0.2, 0.25) is 0 Å². The van der Waals surface area contributed by atoms with Crippen LogP contribution in [0.4, 0.5) is 20.7 Å². The fourth-order valence-electron chi connectivity index (χ4n) is 4.84. The number of nitrogens with one attached hydrogen (secondary N) is 1. The van der Waals surface area contributed by atoms with Crippen LogP contribution in [0, 0.1) is 25.6 Å². The van der Waals surface area contributed by atoms with E-state index in [0.717, 1.165) is 16.0 Å². The standard InChI is InChI=1S/C27H32FN7O3/c1-6-22(19-8-7-15(2)9-21(19)28)32-27(38)35-24(26(37)34(5)18-13-30-33(4)14-18)20(25(35)36)11-17-10-16(3)31-23(29)12-17/h7-10,12-14,20,22,24H,6,11H2,1-5H3,(H2,29,31)(H,32,38)/t20?,22-,24+/m1/s1. The molecule has 3 atom stereocenters. The number of carbonyl (C=O) groups excluding carboxylic acids is 3. The van der Waals surface area contributed by atoms with E-state index in [2.05, 4.69) is 15.4 Å². The minimum Gasteiger partial charge on any atom is -0.384 e. The molecule has 1 fully saturated rings. The van der Waals surface area contributed by atoms with E-state index in [9.17, 15) is 18.8 Å². The normalized spacial score (nSPS) is 17.6. The Kier molecular flexibility index (Phi) is 7.47. The van der Waals surface area contributed by atoms with Gasteiger partial charge in [-0.25, -0.2) is 14.2 Å². The first-order valence-electron chi connectivity index (χ1n) is 12.4. The number of pyridine rings is 1. The molecule has 0 bridgehead atoms. The van der Waals surface area contributed by atoms with Crippen LogP contribution < -0.4 is 16.0 Å². The lowest BCUT2D eigenvalue weighted by Gasteiger charge is -2.46. The van der Waals surface area contributed by atoms with Crippen LogP contribution in [-0.2, 0) is 23.1 Å². The zero-order valence-electron chi connectivity index (χ0n) is 22.1. The maximum absolute atomic E-state index is 14.7. The van der Waals surface area contributed by atoms with Crippen molar-refractivity contribution in [2.45, 2.75) is 45.7 Å². The SMILES string of the molecule is CC[C@@H](NC(=O)N1C(=O)C(Cc2cc(C)nc(N)c2)[C@H]1C(=O)N(C)c1cnn(C)c1)c1ccc(C)cc1F. The molecule has 3 aromatic rings. The van der Waals surface area contributed by atoms with E-state index in [1.165, 1.54) is 17.2 Å². The molecule has 1 unspecified atom stereocenters. The van der Waals surface area contributed by atoms with Gasteiger partial charge >= 0.3 is 6.03 Å². The highest BCUT2D eigenvalue weighted by Crippen LogP contribution is 2.34. The Morgan fingerprint density at radius 3 is 2.58 bits per heavy atom. The topological polar surface area (TPSA) is 126 Å². The second kappa shape index (κ2) is 10.6. The van der Waals surface area contributed by atoms with Gasteiger partial charge in [0.1, 0.15) is 17.7 Å². The van der Waals surface area contributed by atoms with Gasteiger partial charge in [-0.2, -0.15) is 5.10 Å². The van der Waals surface area contributed by atoms with E-state index in [1.54, 1.807) is 70.0 Å². The first kappa shape index (κ1) is 26.8. The number of halogens is 1. The molecule has 10 nitrogen and oxygen atoms in total. The van der Waals surface area contributed by atoms with Gasteiger partial charge in [0.25, 0.3) is 5.91 Å². The van der Waals surface area contributed by atoms with Crippen molar-refractivity contribution in [2.75, 3.05) is 17.7 Å². The van der Waals surface area contributed by atoms with Crippen LogP contribution >= 0.6 is 0 Å². The molecule has 1 aliphatic heterocycles. The van der Waals surface area contributed by atoms with E-state index < -0.39 is 41.7 Å². The summed E-state index contributed by atoms with van der Waals surface area (Å²) in [6, 6.07) is 5.74. The number of benzene rings is 1. The monoisotopic (exact) mass is 521 g/mol. The van der Waals surface area contributed by atoms with Gasteiger partial charge in [0.15, 0.2) is 0 Å². The van der Waals surface area contributed by atoms with Crippen LogP contribution in [0.15, 0.2) is 42.7 Å². The third kappa shape index (κ3) is 5.22. The fraction of sp³-hybridized carbons (Fsp3) is 0.370. The first-order valence-corrected chi connectivity index (χ1v) is 12.4. The summed E-state index contributed by atoms with van der Waals surface area (Å²) < 4.78 is 16.2. The molecule has 0 saturated carbocycles. The maximum atomic E-state index is 14.7. The number of hydrogen-bond acceptors (Lipinski definition) is 6. The molecule has 11 heteroatoms. The molecule has 0 spiro atoms. The van der Waals surface area contributed by atoms with Crippen molar-refractivity contribution in [1.82, 2.24) is 25.0 Å². The summed E-state index contributed by atoms with van der Waals surface area (Å²) in [6.07, 6.45) is 3.79. The second-order valence-electron chi connectivity index (χ2n) is 9.71. The highest BCUT2D eigenvalue weighted by atomic mass is 19.1. The zero-order chi connectivity index (χ0) is 27.7. The van der Waals surface area contributed by atoms with Crippen molar-refractivity contribution in [3.63, 3.8) is 0 Å². The first-order chi connectivity index (χ1) is 18.0. The fourth-order valence-corrected chi connectivity index (χ4v) is 4.84. The van der Waals surface area contributed by atoms with Crippen molar-refractivity contribution in [3.05, 3.63) is 70.9 Å². The van der Waals surface area contributed by atoms with Crippen LogP contribution in [0.3, 0.4) is 0 Å². The summed E-state index contributed by atoms with van der Waals surface area (Å²) in [5.74, 6) is -1.86. The van der Waals surface area contributed by atoms with Crippen molar-refractivity contribution < 1.29 is 18.8 Å². The minimum absolute atomic E-state index is 0.206. The van der Waals surface area contributed by atoms with Crippen molar-refractivity contribution in [2.24, 2.45) is 13.0 Å². The number of urea groups is 1. The number of nitrogens with zero attached hydrogens (tertiary/aromatic N) is 5. The molecule has 38 heavy (non-hydrogen) atoms. The number of nitrogens with two attached hydrogens (primary N) is 1. The molecule has 3 heterocycles. The molecule has 0 aliphatic carbocycles. The highest BCUT2D eigenvalue weighted by molar-refractivity contribution is 6.12. The number of anilines is 2. The van der Waals surface area contributed by atoms with Gasteiger partial charge in [0, 0.05) is 31.5 Å². The summed E-state index contributed by atoms with van der Waals surface area (Å²) in [7, 11) is 3.29. The Morgan fingerprint density at radius 1 is 1.24 bits per heavy atom. The van der Waals surface area contributed by atoms with Crippen LogP contribution in [0.25, 0.3) is 0 Å². The zero-order valence-corrected chi connectivity index (χ0v) is 22.1. The number of carbonyl (C=O) groups is 3. The lowest BCUT2D eigenvalue weighted by molar-refractivity contribution is -0.156. The molecular weight excluding hydrogens is 489 g/mol. The molecular formula is C27H32FN7O3. The number of likely N-dealkylation sites (N-methyl/N-ethyl adjacent to an activating group) is 1. The molecule has 200 valence electrons. The molecule has 0 radical (unpaired) electrons. The van der Waals surface area contributed by atoms with Crippen molar-refractivity contribution in [3.8, 4) is 0 Å². The lowest BCUT2D eigenvalue weighted by atomic mass is 9.81. The maximum Gasteiger partial charge on any atom is 0.325 e. The summed E-state index contributed by atoms with van der Waals surface area (Å²) in [4.78, 5) is 46.9. The number of likely N-dealkylation sites (tertiary alicyclic amines) is 1.